The summed E-state index contributed by atoms with van der Waals surface area (Å²) in [5, 5.41) is 23.0. The van der Waals surface area contributed by atoms with Crippen LogP contribution in [0.15, 0.2) is 29.0 Å². The summed E-state index contributed by atoms with van der Waals surface area (Å²) in [5.41, 5.74) is 1.85. The Morgan fingerprint density at radius 1 is 1.28 bits per heavy atom. The van der Waals surface area contributed by atoms with Gasteiger partial charge in [-0.3, -0.25) is 4.68 Å². The van der Waals surface area contributed by atoms with Crippen LogP contribution >= 0.6 is 27.5 Å². The second-order valence-corrected chi connectivity index (χ2v) is 9.27. The number of hydrogen-bond donors (Lipinski definition) is 3. The van der Waals surface area contributed by atoms with Crippen molar-refractivity contribution in [3.05, 3.63) is 39.6 Å². The molecule has 7 nitrogen and oxygen atoms in total. The maximum Gasteiger partial charge on any atom is 0.225 e. The first-order valence-electron chi connectivity index (χ1n) is 9.80. The molecular weight excluding hydrogens is 456 g/mol. The van der Waals surface area contributed by atoms with Crippen LogP contribution in [0.25, 0.3) is 10.9 Å². The van der Waals surface area contributed by atoms with Crippen LogP contribution in [0.5, 0.6) is 0 Å². The number of halogens is 2. The van der Waals surface area contributed by atoms with Gasteiger partial charge in [0.05, 0.1) is 11.6 Å². The van der Waals surface area contributed by atoms with Gasteiger partial charge in [0.15, 0.2) is 0 Å². The number of benzene rings is 1. The Kier molecular flexibility index (Phi) is 4.88. The summed E-state index contributed by atoms with van der Waals surface area (Å²) in [6.45, 7) is 0.555. The van der Waals surface area contributed by atoms with Crippen LogP contribution in [0.3, 0.4) is 0 Å². The summed E-state index contributed by atoms with van der Waals surface area (Å²) in [6, 6.07) is 5.86. The van der Waals surface area contributed by atoms with Crippen LogP contribution in [-0.2, 0) is 13.6 Å². The van der Waals surface area contributed by atoms with Gasteiger partial charge in [0.1, 0.15) is 10.4 Å². The van der Waals surface area contributed by atoms with Crippen molar-refractivity contribution in [3.8, 4) is 0 Å². The fourth-order valence-corrected chi connectivity index (χ4v) is 5.41. The van der Waals surface area contributed by atoms with Gasteiger partial charge in [0.2, 0.25) is 5.95 Å². The zero-order chi connectivity index (χ0) is 20.1. The molecule has 2 saturated carbocycles. The number of aliphatic hydroxyl groups is 1. The van der Waals surface area contributed by atoms with E-state index in [0.29, 0.717) is 23.4 Å². The molecule has 152 valence electrons. The average molecular weight is 478 g/mol. The lowest BCUT2D eigenvalue weighted by molar-refractivity contribution is 0.107. The van der Waals surface area contributed by atoms with Gasteiger partial charge in [-0.1, -0.05) is 11.6 Å². The van der Waals surface area contributed by atoms with E-state index in [9.17, 15) is 5.11 Å². The van der Waals surface area contributed by atoms with Crippen LogP contribution in [0.1, 0.15) is 24.8 Å². The maximum absolute atomic E-state index is 10.3. The highest BCUT2D eigenvalue weighted by Gasteiger charge is 2.45. The lowest BCUT2D eigenvalue weighted by atomic mass is 9.92. The minimum atomic E-state index is -0.219. The second kappa shape index (κ2) is 7.41. The quantitative estimate of drug-likeness (QED) is 0.515. The fourth-order valence-electron chi connectivity index (χ4n) is 4.75. The second-order valence-electron chi connectivity index (χ2n) is 8.08. The molecule has 3 N–H and O–H groups in total. The third-order valence-corrected chi connectivity index (χ3v) is 6.95. The Hall–Kier alpha value is -1.90. The molecule has 0 unspecified atom stereocenters. The Labute approximate surface area is 182 Å². The van der Waals surface area contributed by atoms with Crippen LogP contribution < -0.4 is 10.6 Å². The Balaban J connectivity index is 1.44. The minimum absolute atomic E-state index is 0.219. The summed E-state index contributed by atoms with van der Waals surface area (Å²) in [7, 11) is 1.89. The van der Waals surface area contributed by atoms with Gasteiger partial charge in [-0.25, -0.2) is 4.98 Å². The molecule has 2 aliphatic rings. The standard InChI is InChI=1S/C20H22BrClN6O/c1-28-9-11(18(21)27-28)8-23-20-25-15-3-2-12(22)7-14(15)19(26-20)24-16-5-10-4-13(16)17(29)6-10/h2-3,7,9-10,13,16-17,29H,4-6,8H2,1H3,(H2,23,24,25,26)/t10-,13+,16-,17+/m1/s1. The molecule has 5 rings (SSSR count). The number of aliphatic hydroxyl groups excluding tert-OH is 1. The highest BCUT2D eigenvalue weighted by molar-refractivity contribution is 9.10. The van der Waals surface area contributed by atoms with Crippen molar-refractivity contribution in [2.45, 2.75) is 38.0 Å². The molecule has 3 aromatic rings. The zero-order valence-corrected chi connectivity index (χ0v) is 18.3. The number of rotatable bonds is 5. The van der Waals surface area contributed by atoms with Gasteiger partial charge in [0, 0.05) is 47.7 Å². The average Bonchev–Trinajstić information content (AvgIpc) is 3.33. The molecule has 0 aliphatic heterocycles. The van der Waals surface area contributed by atoms with Crippen LogP contribution in [-0.4, -0.2) is 37.0 Å². The van der Waals surface area contributed by atoms with E-state index in [2.05, 4.69) is 36.6 Å². The highest BCUT2D eigenvalue weighted by Crippen LogP contribution is 2.46. The molecule has 2 fully saturated rings. The molecule has 2 heterocycles. The van der Waals surface area contributed by atoms with Crippen LogP contribution in [0.4, 0.5) is 11.8 Å². The van der Waals surface area contributed by atoms with E-state index in [-0.39, 0.29) is 18.1 Å². The van der Waals surface area contributed by atoms with Gasteiger partial charge in [-0.2, -0.15) is 10.1 Å². The zero-order valence-electron chi connectivity index (χ0n) is 15.9. The molecule has 0 amide bonds. The Bertz CT molecular complexity index is 1070. The molecule has 0 saturated heterocycles. The van der Waals surface area contributed by atoms with Crippen LogP contribution in [0.2, 0.25) is 5.02 Å². The molecule has 2 aliphatic carbocycles. The SMILES string of the molecule is Cn1cc(CNc2nc(N[C@@H]3C[C@H]4C[C@@H]3[C@@H](O)C4)c3cc(Cl)ccc3n2)c(Br)n1. The summed E-state index contributed by atoms with van der Waals surface area (Å²) in [5.74, 6) is 2.19. The number of nitrogens with zero attached hydrogens (tertiary/aromatic N) is 4. The predicted molar refractivity (Wildman–Crippen MR) is 117 cm³/mol. The minimum Gasteiger partial charge on any atom is -0.393 e. The maximum atomic E-state index is 10.3. The van der Waals surface area contributed by atoms with Crippen molar-refractivity contribution in [1.82, 2.24) is 19.7 Å². The van der Waals surface area contributed by atoms with Crippen molar-refractivity contribution >= 4 is 50.2 Å². The third kappa shape index (κ3) is 3.69. The third-order valence-electron chi connectivity index (χ3n) is 6.05. The summed E-state index contributed by atoms with van der Waals surface area (Å²) in [4.78, 5) is 9.40. The van der Waals surface area contributed by atoms with Gasteiger partial charge in [0.25, 0.3) is 0 Å². The Morgan fingerprint density at radius 2 is 2.14 bits per heavy atom. The van der Waals surface area contributed by atoms with E-state index < -0.39 is 0 Å². The van der Waals surface area contributed by atoms with E-state index >= 15 is 0 Å². The van der Waals surface area contributed by atoms with E-state index in [0.717, 1.165) is 46.1 Å². The topological polar surface area (TPSA) is 87.9 Å². The molecule has 0 radical (unpaired) electrons. The lowest BCUT2D eigenvalue weighted by Gasteiger charge is -2.28. The molecule has 2 bridgehead atoms. The molecule has 9 heteroatoms. The first kappa shape index (κ1) is 19.1. The monoisotopic (exact) mass is 476 g/mol. The molecular formula is C20H22BrClN6O. The normalized spacial score (nSPS) is 25.7. The van der Waals surface area contributed by atoms with E-state index in [4.69, 9.17) is 16.6 Å². The van der Waals surface area contributed by atoms with Gasteiger partial charge in [-0.05, 0) is 59.3 Å². The number of anilines is 2. The van der Waals surface area contributed by atoms with E-state index in [1.165, 1.54) is 0 Å². The van der Waals surface area contributed by atoms with Crippen molar-refractivity contribution in [1.29, 1.82) is 0 Å². The summed E-state index contributed by atoms with van der Waals surface area (Å²) in [6.07, 6.45) is 4.81. The van der Waals surface area contributed by atoms with Crippen molar-refractivity contribution < 1.29 is 5.11 Å². The highest BCUT2D eigenvalue weighted by atomic mass is 79.9. The number of fused-ring (bicyclic) bond motifs is 3. The number of aryl methyl sites for hydroxylation is 1. The van der Waals surface area contributed by atoms with Crippen molar-refractivity contribution in [3.63, 3.8) is 0 Å². The number of hydrogen-bond acceptors (Lipinski definition) is 6. The van der Waals surface area contributed by atoms with Crippen molar-refractivity contribution in [2.75, 3.05) is 10.6 Å². The Morgan fingerprint density at radius 3 is 2.86 bits per heavy atom. The summed E-state index contributed by atoms with van der Waals surface area (Å²) < 4.78 is 2.56. The van der Waals surface area contributed by atoms with E-state index in [1.54, 1.807) is 4.68 Å². The predicted octanol–water partition coefficient (Wildman–Crippen LogP) is 3.96. The molecule has 0 spiro atoms. The summed E-state index contributed by atoms with van der Waals surface area (Å²) >= 11 is 9.71. The smallest absolute Gasteiger partial charge is 0.225 e. The first-order chi connectivity index (χ1) is 14.0. The molecule has 2 aromatic heterocycles. The van der Waals surface area contributed by atoms with Gasteiger partial charge < -0.3 is 15.7 Å². The van der Waals surface area contributed by atoms with Gasteiger partial charge >= 0.3 is 0 Å². The number of nitrogens with one attached hydrogen (secondary N) is 2. The first-order valence-corrected chi connectivity index (χ1v) is 11.0. The molecule has 4 atom stereocenters. The number of aromatic nitrogens is 4. The largest absolute Gasteiger partial charge is 0.393 e. The lowest BCUT2D eigenvalue weighted by Crippen LogP contribution is -2.34. The van der Waals surface area contributed by atoms with Gasteiger partial charge in [-0.15, -0.1) is 0 Å². The molecule has 1 aromatic carbocycles. The van der Waals surface area contributed by atoms with Crippen molar-refractivity contribution in [2.24, 2.45) is 18.9 Å². The van der Waals surface area contributed by atoms with Crippen LogP contribution in [0, 0.1) is 11.8 Å². The molecule has 29 heavy (non-hydrogen) atoms. The van der Waals surface area contributed by atoms with E-state index in [1.807, 2.05) is 31.4 Å². The fraction of sp³-hybridized carbons (Fsp3) is 0.450.